The van der Waals surface area contributed by atoms with Crippen molar-refractivity contribution in [1.82, 2.24) is 14.9 Å². The molecule has 0 aromatic carbocycles. The van der Waals surface area contributed by atoms with Crippen molar-refractivity contribution in [3.63, 3.8) is 0 Å². The molecule has 2 heterocycles. The van der Waals surface area contributed by atoms with Gasteiger partial charge in [0.25, 0.3) is 0 Å². The van der Waals surface area contributed by atoms with E-state index in [9.17, 15) is 4.79 Å². The molecule has 0 unspecified atom stereocenters. The topological polar surface area (TPSA) is 58.2 Å². The number of ether oxygens (including phenoxy) is 1. The molecular weight excluding hydrogens is 218 g/mol. The van der Waals surface area contributed by atoms with E-state index < -0.39 is 0 Å². The largest absolute Gasteiger partial charge is 0.378 e. The summed E-state index contributed by atoms with van der Waals surface area (Å²) >= 11 is 0. The lowest BCUT2D eigenvalue weighted by atomic mass is 10.2. The minimum absolute atomic E-state index is 0.240. The Labute approximate surface area is 101 Å². The van der Waals surface area contributed by atoms with Crippen LogP contribution in [0.3, 0.4) is 0 Å². The first-order valence-corrected chi connectivity index (χ1v) is 6.12. The van der Waals surface area contributed by atoms with Gasteiger partial charge in [-0.2, -0.15) is 0 Å². The van der Waals surface area contributed by atoms with Crippen molar-refractivity contribution in [2.45, 2.75) is 26.2 Å². The number of aryl methyl sites for hydroxylation is 2. The van der Waals surface area contributed by atoms with Crippen LogP contribution in [0.2, 0.25) is 0 Å². The summed E-state index contributed by atoms with van der Waals surface area (Å²) in [6, 6.07) is 0. The summed E-state index contributed by atoms with van der Waals surface area (Å²) in [4.78, 5) is 21.0. The highest BCUT2D eigenvalue weighted by atomic mass is 16.5. The van der Waals surface area contributed by atoms with Crippen molar-refractivity contribution < 1.29 is 9.53 Å². The van der Waals surface area contributed by atoms with Gasteiger partial charge in [0.2, 0.25) is 5.91 Å². The molecule has 0 radical (unpaired) electrons. The van der Waals surface area contributed by atoms with Crippen molar-refractivity contribution in [2.75, 3.05) is 26.3 Å². The van der Waals surface area contributed by atoms with Crippen LogP contribution in [0.5, 0.6) is 0 Å². The van der Waals surface area contributed by atoms with Crippen molar-refractivity contribution in [1.29, 1.82) is 0 Å². The molecule has 1 aliphatic rings. The second-order valence-electron chi connectivity index (χ2n) is 4.34. The van der Waals surface area contributed by atoms with Crippen molar-refractivity contribution in [3.8, 4) is 0 Å². The first-order chi connectivity index (χ1) is 8.25. The molecule has 1 aliphatic heterocycles. The smallest absolute Gasteiger partial charge is 0.222 e. The average Bonchev–Trinajstić information content (AvgIpc) is 2.76. The number of amides is 1. The summed E-state index contributed by atoms with van der Waals surface area (Å²) in [6.07, 6.45) is 4.21. The number of aromatic amines is 1. The fraction of sp³-hybridized carbons (Fsp3) is 0.667. The fourth-order valence-corrected chi connectivity index (χ4v) is 2.00. The van der Waals surface area contributed by atoms with E-state index in [1.807, 2.05) is 18.0 Å². The molecule has 1 amide bonds. The van der Waals surface area contributed by atoms with Crippen LogP contribution >= 0.6 is 0 Å². The van der Waals surface area contributed by atoms with Gasteiger partial charge in [0.05, 0.1) is 13.2 Å². The zero-order valence-electron chi connectivity index (χ0n) is 10.2. The molecule has 1 N–H and O–H groups in total. The van der Waals surface area contributed by atoms with Crippen LogP contribution in [0.25, 0.3) is 0 Å². The minimum Gasteiger partial charge on any atom is -0.378 e. The number of nitrogens with zero attached hydrogens (tertiary/aromatic N) is 2. The highest BCUT2D eigenvalue weighted by molar-refractivity contribution is 5.76. The van der Waals surface area contributed by atoms with Gasteiger partial charge in [0.15, 0.2) is 0 Å². The number of morpholine rings is 1. The number of carbonyl (C=O) groups excluding carboxylic acids is 1. The van der Waals surface area contributed by atoms with Crippen LogP contribution in [-0.4, -0.2) is 47.1 Å². The highest BCUT2D eigenvalue weighted by Crippen LogP contribution is 2.06. The van der Waals surface area contributed by atoms with Crippen LogP contribution in [-0.2, 0) is 16.0 Å². The third-order valence-electron chi connectivity index (χ3n) is 2.96. The average molecular weight is 237 g/mol. The molecule has 2 rings (SSSR count). The third-order valence-corrected chi connectivity index (χ3v) is 2.96. The normalized spacial score (nSPS) is 16.2. The number of hydrogen-bond acceptors (Lipinski definition) is 3. The monoisotopic (exact) mass is 237 g/mol. The quantitative estimate of drug-likeness (QED) is 0.846. The van der Waals surface area contributed by atoms with Gasteiger partial charge in [0.1, 0.15) is 5.82 Å². The van der Waals surface area contributed by atoms with Crippen molar-refractivity contribution >= 4 is 5.91 Å². The number of carbonyl (C=O) groups is 1. The summed E-state index contributed by atoms with van der Waals surface area (Å²) in [6.45, 7) is 4.75. The molecular formula is C12H19N3O2. The molecule has 1 saturated heterocycles. The van der Waals surface area contributed by atoms with E-state index in [0.29, 0.717) is 19.6 Å². The Morgan fingerprint density at radius 2 is 2.29 bits per heavy atom. The number of hydrogen-bond donors (Lipinski definition) is 1. The van der Waals surface area contributed by atoms with Crippen molar-refractivity contribution in [2.24, 2.45) is 0 Å². The highest BCUT2D eigenvalue weighted by Gasteiger charge is 2.15. The summed E-state index contributed by atoms with van der Waals surface area (Å²) in [5.74, 6) is 1.17. The van der Waals surface area contributed by atoms with E-state index in [4.69, 9.17) is 4.74 Å². The zero-order chi connectivity index (χ0) is 12.1. The van der Waals surface area contributed by atoms with Gasteiger partial charge in [-0.15, -0.1) is 0 Å². The van der Waals surface area contributed by atoms with E-state index in [-0.39, 0.29) is 5.91 Å². The second-order valence-corrected chi connectivity index (χ2v) is 4.34. The van der Waals surface area contributed by atoms with Gasteiger partial charge in [-0.25, -0.2) is 4.98 Å². The molecule has 1 aromatic heterocycles. The van der Waals surface area contributed by atoms with Gasteiger partial charge in [-0.3, -0.25) is 4.79 Å². The zero-order valence-corrected chi connectivity index (χ0v) is 10.2. The Hall–Kier alpha value is -1.36. The molecule has 0 bridgehead atoms. The Morgan fingerprint density at radius 1 is 1.53 bits per heavy atom. The van der Waals surface area contributed by atoms with E-state index >= 15 is 0 Å². The summed E-state index contributed by atoms with van der Waals surface area (Å²) < 4.78 is 5.22. The maximum Gasteiger partial charge on any atom is 0.222 e. The minimum atomic E-state index is 0.240. The maximum atomic E-state index is 11.8. The Kier molecular flexibility index (Phi) is 4.14. The van der Waals surface area contributed by atoms with Gasteiger partial charge >= 0.3 is 0 Å². The Bertz CT molecular complexity index is 370. The summed E-state index contributed by atoms with van der Waals surface area (Å²) in [7, 11) is 0. The summed E-state index contributed by atoms with van der Waals surface area (Å²) in [5.41, 5.74) is 1.11. The standard InChI is InChI=1S/C12H19N3O2/c1-10-13-9-11(14-10)3-2-4-12(16)15-5-7-17-8-6-15/h9H,2-8H2,1H3,(H,13,14). The summed E-state index contributed by atoms with van der Waals surface area (Å²) in [5, 5.41) is 0. The molecule has 1 fully saturated rings. The number of H-pyrrole nitrogens is 1. The van der Waals surface area contributed by atoms with Crippen LogP contribution in [0.4, 0.5) is 0 Å². The molecule has 0 saturated carbocycles. The van der Waals surface area contributed by atoms with Crippen molar-refractivity contribution in [3.05, 3.63) is 17.7 Å². The van der Waals surface area contributed by atoms with E-state index in [1.165, 1.54) is 0 Å². The van der Waals surface area contributed by atoms with Crippen LogP contribution in [0, 0.1) is 6.92 Å². The lowest BCUT2D eigenvalue weighted by Crippen LogP contribution is -2.40. The maximum absolute atomic E-state index is 11.8. The second kappa shape index (κ2) is 5.82. The van der Waals surface area contributed by atoms with Crippen LogP contribution in [0.15, 0.2) is 6.20 Å². The SMILES string of the molecule is Cc1ncc(CCCC(=O)N2CCOCC2)[nH]1. The predicted octanol–water partition coefficient (Wildman–Crippen LogP) is 0.900. The molecule has 0 atom stereocenters. The van der Waals surface area contributed by atoms with Gasteiger partial charge < -0.3 is 14.6 Å². The molecule has 5 nitrogen and oxygen atoms in total. The lowest BCUT2D eigenvalue weighted by Gasteiger charge is -2.26. The first kappa shape index (κ1) is 12.1. The molecule has 0 aliphatic carbocycles. The van der Waals surface area contributed by atoms with E-state index in [2.05, 4.69) is 9.97 Å². The Balaban J connectivity index is 1.69. The van der Waals surface area contributed by atoms with Gasteiger partial charge in [0, 0.05) is 31.4 Å². The molecule has 0 spiro atoms. The van der Waals surface area contributed by atoms with Gasteiger partial charge in [-0.05, 0) is 19.8 Å². The van der Waals surface area contributed by atoms with E-state index in [1.54, 1.807) is 0 Å². The van der Waals surface area contributed by atoms with Gasteiger partial charge in [-0.1, -0.05) is 0 Å². The number of imidazole rings is 1. The fourth-order valence-electron chi connectivity index (χ4n) is 2.00. The molecule has 94 valence electrons. The molecule has 5 heteroatoms. The molecule has 1 aromatic rings. The van der Waals surface area contributed by atoms with Crippen LogP contribution in [0.1, 0.15) is 24.4 Å². The van der Waals surface area contributed by atoms with E-state index in [0.717, 1.165) is 37.4 Å². The molecule has 17 heavy (non-hydrogen) atoms. The lowest BCUT2D eigenvalue weighted by molar-refractivity contribution is -0.135. The number of aromatic nitrogens is 2. The predicted molar refractivity (Wildman–Crippen MR) is 63.7 cm³/mol. The Morgan fingerprint density at radius 3 is 2.94 bits per heavy atom. The third kappa shape index (κ3) is 3.56. The first-order valence-electron chi connectivity index (χ1n) is 6.12. The number of nitrogens with one attached hydrogen (secondary N) is 1. The number of rotatable bonds is 4. The van der Waals surface area contributed by atoms with Crippen LogP contribution < -0.4 is 0 Å².